The zero-order chi connectivity index (χ0) is 17.4. The van der Waals surface area contributed by atoms with Gasteiger partial charge < -0.3 is 5.32 Å². The van der Waals surface area contributed by atoms with Gasteiger partial charge in [0.05, 0.1) is 23.5 Å². The van der Waals surface area contributed by atoms with Crippen LogP contribution in [0.2, 0.25) is 0 Å². The van der Waals surface area contributed by atoms with E-state index >= 15 is 0 Å². The average molecular weight is 347 g/mol. The minimum Gasteiger partial charge on any atom is -0.384 e. The van der Waals surface area contributed by atoms with Gasteiger partial charge in [-0.05, 0) is 36.6 Å². The van der Waals surface area contributed by atoms with Crippen LogP contribution in [-0.4, -0.2) is 31.7 Å². The molecule has 0 spiro atoms. The Balaban J connectivity index is 2.13. The minimum absolute atomic E-state index is 0.157. The van der Waals surface area contributed by atoms with Crippen LogP contribution >= 0.6 is 0 Å². The molecule has 0 saturated heterocycles. The number of sulfonamides is 1. The van der Waals surface area contributed by atoms with Crippen molar-refractivity contribution >= 4 is 15.7 Å². The molecule has 0 aliphatic rings. The number of aromatic nitrogens is 2. The molecule has 128 valence electrons. The highest BCUT2D eigenvalue weighted by atomic mass is 32.2. The number of aromatic amines is 1. The Kier molecular flexibility index (Phi) is 6.35. The monoisotopic (exact) mass is 347 g/mol. The van der Waals surface area contributed by atoms with Crippen LogP contribution in [0.1, 0.15) is 30.9 Å². The molecule has 1 aromatic heterocycles. The second-order valence-corrected chi connectivity index (χ2v) is 7.09. The van der Waals surface area contributed by atoms with Crippen LogP contribution in [0, 0.1) is 11.3 Å². The molecule has 0 aliphatic carbocycles. The van der Waals surface area contributed by atoms with Gasteiger partial charge >= 0.3 is 0 Å². The van der Waals surface area contributed by atoms with Crippen molar-refractivity contribution < 1.29 is 8.42 Å². The third-order valence-electron chi connectivity index (χ3n) is 3.50. The second-order valence-electron chi connectivity index (χ2n) is 5.36. The largest absolute Gasteiger partial charge is 0.384 e. The van der Waals surface area contributed by atoms with Gasteiger partial charge in [0.15, 0.2) is 0 Å². The van der Waals surface area contributed by atoms with Crippen molar-refractivity contribution in [1.82, 2.24) is 14.9 Å². The highest BCUT2D eigenvalue weighted by molar-refractivity contribution is 7.89. The molecule has 0 unspecified atom stereocenters. The van der Waals surface area contributed by atoms with Crippen molar-refractivity contribution in [2.24, 2.45) is 0 Å². The maximum absolute atomic E-state index is 12.6. The maximum atomic E-state index is 12.6. The molecule has 0 atom stereocenters. The molecule has 0 bridgehead atoms. The predicted molar refractivity (Wildman–Crippen MR) is 92.0 cm³/mol. The summed E-state index contributed by atoms with van der Waals surface area (Å²) in [5.41, 5.74) is 1.81. The normalized spacial score (nSPS) is 11.2. The summed E-state index contributed by atoms with van der Waals surface area (Å²) < 4.78 is 27.7. The summed E-state index contributed by atoms with van der Waals surface area (Å²) in [6.45, 7) is 2.99. The molecule has 0 amide bonds. The lowest BCUT2D eigenvalue weighted by atomic mass is 10.2. The average Bonchev–Trinajstić information content (AvgIpc) is 3.08. The highest BCUT2D eigenvalue weighted by Gasteiger charge is 2.18. The van der Waals surface area contributed by atoms with Crippen LogP contribution < -0.4 is 10.0 Å². The highest BCUT2D eigenvalue weighted by Crippen LogP contribution is 2.22. The molecular weight excluding hydrogens is 326 g/mol. The zero-order valence-corrected chi connectivity index (χ0v) is 14.4. The quantitative estimate of drug-likeness (QED) is 0.601. The maximum Gasteiger partial charge on any atom is 0.242 e. The van der Waals surface area contributed by atoms with Crippen LogP contribution in [0.25, 0.3) is 0 Å². The first-order valence-electron chi connectivity index (χ1n) is 7.82. The van der Waals surface area contributed by atoms with E-state index in [-0.39, 0.29) is 11.4 Å². The van der Waals surface area contributed by atoms with Crippen LogP contribution in [0.3, 0.4) is 0 Å². The van der Waals surface area contributed by atoms with Crippen LogP contribution in [0.15, 0.2) is 35.5 Å². The van der Waals surface area contributed by atoms with Gasteiger partial charge in [0.2, 0.25) is 10.0 Å². The number of hydrogen-bond donors (Lipinski definition) is 3. The minimum atomic E-state index is -3.66. The van der Waals surface area contributed by atoms with Crippen LogP contribution in [0.5, 0.6) is 0 Å². The van der Waals surface area contributed by atoms with Crippen molar-refractivity contribution in [3.8, 4) is 6.07 Å². The molecule has 2 rings (SSSR count). The van der Waals surface area contributed by atoms with Crippen molar-refractivity contribution in [1.29, 1.82) is 5.26 Å². The van der Waals surface area contributed by atoms with E-state index in [1.54, 1.807) is 18.5 Å². The van der Waals surface area contributed by atoms with Crippen molar-refractivity contribution in [2.45, 2.75) is 31.1 Å². The SMILES string of the molecule is CCCCNc1cc(C#N)ccc1S(=O)(=O)NCCc1cn[nH]c1. The van der Waals surface area contributed by atoms with E-state index in [4.69, 9.17) is 5.26 Å². The molecule has 1 heterocycles. The van der Waals surface area contributed by atoms with E-state index < -0.39 is 10.0 Å². The zero-order valence-electron chi connectivity index (χ0n) is 13.5. The van der Waals surface area contributed by atoms with Gasteiger partial charge in [0, 0.05) is 19.3 Å². The fraction of sp³-hybridized carbons (Fsp3) is 0.375. The van der Waals surface area contributed by atoms with Crippen LogP contribution in [0.4, 0.5) is 5.69 Å². The topological polar surface area (TPSA) is 111 Å². The summed E-state index contributed by atoms with van der Waals surface area (Å²) >= 11 is 0. The van der Waals surface area contributed by atoms with Crippen molar-refractivity contribution in [3.63, 3.8) is 0 Å². The molecule has 8 heteroatoms. The predicted octanol–water partition coefficient (Wildman–Crippen LogP) is 2.01. The molecule has 0 saturated carbocycles. The van der Waals surface area contributed by atoms with Gasteiger partial charge in [-0.2, -0.15) is 10.4 Å². The van der Waals surface area contributed by atoms with Crippen molar-refractivity contribution in [3.05, 3.63) is 41.7 Å². The second kappa shape index (κ2) is 8.47. The summed E-state index contributed by atoms with van der Waals surface area (Å²) in [5.74, 6) is 0. The third-order valence-corrected chi connectivity index (χ3v) is 5.02. The number of nitrogens with zero attached hydrogens (tertiary/aromatic N) is 2. The number of rotatable bonds is 9. The molecule has 2 aromatic rings. The fourth-order valence-corrected chi connectivity index (χ4v) is 3.39. The van der Waals surface area contributed by atoms with E-state index in [0.29, 0.717) is 24.2 Å². The van der Waals surface area contributed by atoms with Gasteiger partial charge in [-0.3, -0.25) is 5.10 Å². The first-order chi connectivity index (χ1) is 11.6. The van der Waals surface area contributed by atoms with Gasteiger partial charge in [-0.1, -0.05) is 13.3 Å². The summed E-state index contributed by atoms with van der Waals surface area (Å²) in [6, 6.07) is 6.58. The summed E-state index contributed by atoms with van der Waals surface area (Å²) in [4.78, 5) is 0.157. The smallest absolute Gasteiger partial charge is 0.242 e. The Morgan fingerprint density at radius 1 is 1.33 bits per heavy atom. The van der Waals surface area contributed by atoms with E-state index in [0.717, 1.165) is 18.4 Å². The Labute approximate surface area is 142 Å². The lowest BCUT2D eigenvalue weighted by Gasteiger charge is -2.13. The molecule has 0 aliphatic heterocycles. The van der Waals surface area contributed by atoms with E-state index in [1.165, 1.54) is 12.1 Å². The van der Waals surface area contributed by atoms with E-state index in [1.807, 2.05) is 6.07 Å². The van der Waals surface area contributed by atoms with Gasteiger partial charge in [0.1, 0.15) is 4.90 Å². The van der Waals surface area contributed by atoms with Crippen LogP contribution in [-0.2, 0) is 16.4 Å². The molecule has 0 radical (unpaired) electrons. The summed E-state index contributed by atoms with van der Waals surface area (Å²) in [5, 5.41) is 18.7. The third kappa shape index (κ3) is 4.81. The van der Waals surface area contributed by atoms with Gasteiger partial charge in [-0.25, -0.2) is 13.1 Å². The van der Waals surface area contributed by atoms with E-state index in [9.17, 15) is 8.42 Å². The molecule has 3 N–H and O–H groups in total. The summed E-state index contributed by atoms with van der Waals surface area (Å²) in [7, 11) is -3.66. The Morgan fingerprint density at radius 3 is 2.83 bits per heavy atom. The number of hydrogen-bond acceptors (Lipinski definition) is 5. The molecule has 1 aromatic carbocycles. The lowest BCUT2D eigenvalue weighted by Crippen LogP contribution is -2.27. The number of nitrogens with one attached hydrogen (secondary N) is 3. The number of anilines is 1. The number of nitriles is 1. The molecule has 24 heavy (non-hydrogen) atoms. The Morgan fingerprint density at radius 2 is 2.17 bits per heavy atom. The molecular formula is C16H21N5O2S. The Hall–Kier alpha value is -2.37. The van der Waals surface area contributed by atoms with E-state index in [2.05, 4.69) is 27.2 Å². The fourth-order valence-electron chi connectivity index (χ4n) is 2.19. The van der Waals surface area contributed by atoms with Gasteiger partial charge in [-0.15, -0.1) is 0 Å². The first kappa shape index (κ1) is 18.0. The van der Waals surface area contributed by atoms with Gasteiger partial charge in [0.25, 0.3) is 0 Å². The standard InChI is InChI=1S/C16H21N5O2S/c1-2-3-7-18-15-9-13(10-17)4-5-16(15)24(22,23)21-8-6-14-11-19-20-12-14/h4-5,9,11-12,18,21H,2-3,6-8H2,1H3,(H,19,20). The number of benzene rings is 1. The Bertz CT molecular complexity index is 794. The first-order valence-corrected chi connectivity index (χ1v) is 9.30. The molecule has 7 nitrogen and oxygen atoms in total. The molecule has 0 fully saturated rings. The van der Waals surface area contributed by atoms with Crippen molar-refractivity contribution in [2.75, 3.05) is 18.4 Å². The number of H-pyrrole nitrogens is 1. The number of unbranched alkanes of at least 4 members (excludes halogenated alkanes) is 1. The lowest BCUT2D eigenvalue weighted by molar-refractivity contribution is 0.582. The summed E-state index contributed by atoms with van der Waals surface area (Å²) in [6.07, 6.45) is 5.85.